The predicted molar refractivity (Wildman–Crippen MR) is 98.6 cm³/mol. The first-order chi connectivity index (χ1) is 10.5. The van der Waals surface area contributed by atoms with Gasteiger partial charge in [0.05, 0.1) is 0 Å². The van der Waals surface area contributed by atoms with E-state index >= 15 is 0 Å². The van der Waals surface area contributed by atoms with Crippen molar-refractivity contribution >= 4 is 11.3 Å². The molecule has 0 bridgehead atoms. The minimum absolute atomic E-state index is 0.452. The molecule has 1 heteroatoms. The van der Waals surface area contributed by atoms with Crippen molar-refractivity contribution in [3.63, 3.8) is 0 Å². The van der Waals surface area contributed by atoms with Crippen molar-refractivity contribution in [2.75, 3.05) is 6.54 Å². The minimum Gasteiger partial charge on any atom is -0.289 e. The van der Waals surface area contributed by atoms with Crippen molar-refractivity contribution in [1.82, 2.24) is 0 Å². The van der Waals surface area contributed by atoms with Gasteiger partial charge in [-0.2, -0.15) is 0 Å². The molecule has 0 saturated carbocycles. The zero-order valence-electron chi connectivity index (χ0n) is 14.8. The number of allylic oxidation sites excluding steroid dienone is 1. The first-order valence-electron chi connectivity index (χ1n) is 8.82. The third-order valence-electron chi connectivity index (χ3n) is 5.33. The van der Waals surface area contributed by atoms with E-state index in [1.54, 1.807) is 0 Å². The van der Waals surface area contributed by atoms with E-state index in [2.05, 4.69) is 58.5 Å². The Labute approximate surface area is 136 Å². The number of nitrogens with zero attached hydrogens (tertiary/aromatic N) is 1. The Morgan fingerprint density at radius 2 is 1.77 bits per heavy atom. The molecule has 2 rings (SSSR count). The van der Waals surface area contributed by atoms with Gasteiger partial charge in [-0.05, 0) is 48.6 Å². The molecule has 0 amide bonds. The van der Waals surface area contributed by atoms with Gasteiger partial charge < -0.3 is 0 Å². The third-order valence-corrected chi connectivity index (χ3v) is 5.33. The van der Waals surface area contributed by atoms with Crippen molar-refractivity contribution in [2.24, 2.45) is 16.3 Å². The van der Waals surface area contributed by atoms with E-state index in [-0.39, 0.29) is 0 Å². The van der Waals surface area contributed by atoms with Gasteiger partial charge in [0, 0.05) is 12.3 Å². The fourth-order valence-electron chi connectivity index (χ4n) is 3.94. The average Bonchev–Trinajstić information content (AvgIpc) is 2.51. The van der Waals surface area contributed by atoms with Gasteiger partial charge >= 0.3 is 0 Å². The van der Waals surface area contributed by atoms with Crippen LogP contribution >= 0.6 is 0 Å². The molecule has 0 aromatic heterocycles. The number of hydrogen-bond donors (Lipinski definition) is 0. The van der Waals surface area contributed by atoms with Crippen LogP contribution in [-0.2, 0) is 0 Å². The second-order valence-electron chi connectivity index (χ2n) is 7.09. The molecule has 0 radical (unpaired) electrons. The Morgan fingerprint density at radius 3 is 2.27 bits per heavy atom. The van der Waals surface area contributed by atoms with Gasteiger partial charge in [-0.1, -0.05) is 70.0 Å². The van der Waals surface area contributed by atoms with E-state index < -0.39 is 0 Å². The van der Waals surface area contributed by atoms with Crippen LogP contribution in [0.4, 0.5) is 0 Å². The van der Waals surface area contributed by atoms with Crippen molar-refractivity contribution < 1.29 is 0 Å². The highest BCUT2D eigenvalue weighted by Gasteiger charge is 2.38. The van der Waals surface area contributed by atoms with Gasteiger partial charge in [0.1, 0.15) is 0 Å². The molecule has 0 aliphatic carbocycles. The zero-order valence-corrected chi connectivity index (χ0v) is 14.8. The average molecular weight is 297 g/mol. The fourth-order valence-corrected chi connectivity index (χ4v) is 3.94. The molecule has 22 heavy (non-hydrogen) atoms. The standard InChI is InChI=1S/C21H31N/c1-6-12-21(13-7-2)14-20(22-15-17(21)5)19-10-8-18(9-11-19)16(3)4/h8-11,17H,3,6-7,12-15H2,1-2,4-5H3. The lowest BCUT2D eigenvalue weighted by Gasteiger charge is -2.42. The summed E-state index contributed by atoms with van der Waals surface area (Å²) in [7, 11) is 0. The first kappa shape index (κ1) is 17.0. The molecule has 1 aliphatic rings. The quantitative estimate of drug-likeness (QED) is 0.598. The van der Waals surface area contributed by atoms with E-state index in [4.69, 9.17) is 4.99 Å². The molecule has 1 aromatic carbocycles. The molecule has 0 spiro atoms. The van der Waals surface area contributed by atoms with E-state index in [0.717, 1.165) is 18.5 Å². The lowest BCUT2D eigenvalue weighted by molar-refractivity contribution is 0.144. The van der Waals surface area contributed by atoms with Gasteiger partial charge in [-0.3, -0.25) is 4.99 Å². The number of rotatable bonds is 6. The monoisotopic (exact) mass is 297 g/mol. The van der Waals surface area contributed by atoms with Crippen LogP contribution in [0.15, 0.2) is 35.8 Å². The highest BCUT2D eigenvalue weighted by Crippen LogP contribution is 2.44. The second kappa shape index (κ2) is 7.26. The van der Waals surface area contributed by atoms with Crippen molar-refractivity contribution in [2.45, 2.75) is 59.8 Å². The van der Waals surface area contributed by atoms with Crippen LogP contribution in [0.3, 0.4) is 0 Å². The van der Waals surface area contributed by atoms with Crippen molar-refractivity contribution in [3.05, 3.63) is 42.0 Å². The van der Waals surface area contributed by atoms with E-state index in [0.29, 0.717) is 11.3 Å². The fraction of sp³-hybridized carbons (Fsp3) is 0.571. The molecule has 0 fully saturated rings. The number of hydrogen-bond acceptors (Lipinski definition) is 1. The maximum atomic E-state index is 4.91. The molecular formula is C21H31N. The van der Waals surface area contributed by atoms with Gasteiger partial charge in [-0.25, -0.2) is 0 Å². The number of benzene rings is 1. The zero-order chi connectivity index (χ0) is 16.2. The predicted octanol–water partition coefficient (Wildman–Crippen LogP) is 6.14. The van der Waals surface area contributed by atoms with Gasteiger partial charge in [0.15, 0.2) is 0 Å². The first-order valence-corrected chi connectivity index (χ1v) is 8.82. The molecule has 1 nitrogen and oxygen atoms in total. The van der Waals surface area contributed by atoms with Crippen LogP contribution in [-0.4, -0.2) is 12.3 Å². The molecule has 1 unspecified atom stereocenters. The Hall–Kier alpha value is -1.37. The lowest BCUT2D eigenvalue weighted by atomic mass is 9.65. The molecule has 1 aromatic rings. The van der Waals surface area contributed by atoms with Gasteiger partial charge in [-0.15, -0.1) is 0 Å². The van der Waals surface area contributed by atoms with Crippen LogP contribution in [0.25, 0.3) is 5.57 Å². The van der Waals surface area contributed by atoms with Crippen LogP contribution < -0.4 is 0 Å². The van der Waals surface area contributed by atoms with Crippen LogP contribution in [0.5, 0.6) is 0 Å². The number of aliphatic imine (C=N–C) groups is 1. The summed E-state index contributed by atoms with van der Waals surface area (Å²) in [5.74, 6) is 0.700. The maximum absolute atomic E-state index is 4.91. The summed E-state index contributed by atoms with van der Waals surface area (Å²) in [6.45, 7) is 14.1. The lowest BCUT2D eigenvalue weighted by Crippen LogP contribution is -2.37. The van der Waals surface area contributed by atoms with Gasteiger partial charge in [0.2, 0.25) is 0 Å². The molecule has 120 valence electrons. The van der Waals surface area contributed by atoms with Crippen LogP contribution in [0.2, 0.25) is 0 Å². The summed E-state index contributed by atoms with van der Waals surface area (Å²) in [4.78, 5) is 4.91. The molecule has 0 N–H and O–H groups in total. The van der Waals surface area contributed by atoms with Crippen molar-refractivity contribution in [1.29, 1.82) is 0 Å². The van der Waals surface area contributed by atoms with Crippen LogP contribution in [0, 0.1) is 11.3 Å². The van der Waals surface area contributed by atoms with Gasteiger partial charge in [0.25, 0.3) is 0 Å². The Balaban J connectivity index is 2.26. The smallest absolute Gasteiger partial charge is 0.0426 e. The van der Waals surface area contributed by atoms with E-state index in [1.807, 2.05) is 0 Å². The third kappa shape index (κ3) is 3.51. The summed E-state index contributed by atoms with van der Waals surface area (Å²) < 4.78 is 0. The Kier molecular flexibility index (Phi) is 5.61. The highest BCUT2D eigenvalue weighted by molar-refractivity contribution is 6.01. The molecular weight excluding hydrogens is 266 g/mol. The Bertz CT molecular complexity index is 530. The second-order valence-corrected chi connectivity index (χ2v) is 7.09. The summed E-state index contributed by atoms with van der Waals surface area (Å²) >= 11 is 0. The summed E-state index contributed by atoms with van der Waals surface area (Å²) in [6.07, 6.45) is 6.33. The molecule has 1 aliphatic heterocycles. The summed E-state index contributed by atoms with van der Waals surface area (Å²) in [5.41, 5.74) is 5.41. The highest BCUT2D eigenvalue weighted by atomic mass is 14.8. The largest absolute Gasteiger partial charge is 0.289 e. The summed E-state index contributed by atoms with van der Waals surface area (Å²) in [5, 5.41) is 0. The van der Waals surface area contributed by atoms with Crippen LogP contribution in [0.1, 0.15) is 70.9 Å². The Morgan fingerprint density at radius 1 is 1.18 bits per heavy atom. The van der Waals surface area contributed by atoms with E-state index in [1.165, 1.54) is 42.5 Å². The van der Waals surface area contributed by atoms with Crippen molar-refractivity contribution in [3.8, 4) is 0 Å². The molecule has 1 heterocycles. The molecule has 0 saturated heterocycles. The normalized spacial score (nSPS) is 20.5. The maximum Gasteiger partial charge on any atom is 0.0426 e. The molecule has 1 atom stereocenters. The minimum atomic E-state index is 0.452. The topological polar surface area (TPSA) is 12.4 Å². The SMILES string of the molecule is C=C(C)c1ccc(C2=NCC(C)C(CCC)(CCC)C2)cc1. The van der Waals surface area contributed by atoms with E-state index in [9.17, 15) is 0 Å². The summed E-state index contributed by atoms with van der Waals surface area (Å²) in [6, 6.07) is 8.81.